The molecule has 0 unspecified atom stereocenters. The zero-order valence-corrected chi connectivity index (χ0v) is 11.1. The third kappa shape index (κ3) is 2.14. The van der Waals surface area contributed by atoms with Crippen LogP contribution in [0.1, 0.15) is 50.2 Å². The zero-order valence-electron chi connectivity index (χ0n) is 11.1. The molecule has 6 nitrogen and oxygen atoms in total. The van der Waals surface area contributed by atoms with E-state index in [1.165, 1.54) is 0 Å². The SMILES string of the molecule is Cc1nc(C2(NC(=O)[C@H]3CCC[C@@H]3O)CCC2)no1. The largest absolute Gasteiger partial charge is 0.392 e. The van der Waals surface area contributed by atoms with Crippen LogP contribution in [-0.2, 0) is 10.3 Å². The van der Waals surface area contributed by atoms with E-state index in [0.717, 1.165) is 32.1 Å². The Morgan fingerprint density at radius 3 is 2.68 bits per heavy atom. The lowest BCUT2D eigenvalue weighted by molar-refractivity contribution is -0.131. The first-order valence-electron chi connectivity index (χ1n) is 6.92. The highest BCUT2D eigenvalue weighted by Crippen LogP contribution is 2.40. The average Bonchev–Trinajstić information content (AvgIpc) is 2.92. The van der Waals surface area contributed by atoms with Crippen LogP contribution in [0, 0.1) is 12.8 Å². The van der Waals surface area contributed by atoms with Gasteiger partial charge in [0.1, 0.15) is 5.54 Å². The first-order chi connectivity index (χ1) is 9.11. The molecule has 2 aliphatic rings. The van der Waals surface area contributed by atoms with E-state index in [0.29, 0.717) is 18.1 Å². The van der Waals surface area contributed by atoms with Crippen molar-refractivity contribution >= 4 is 5.91 Å². The molecule has 1 heterocycles. The zero-order chi connectivity index (χ0) is 13.5. The lowest BCUT2D eigenvalue weighted by Gasteiger charge is -2.40. The van der Waals surface area contributed by atoms with E-state index in [4.69, 9.17) is 4.52 Å². The maximum absolute atomic E-state index is 12.3. The summed E-state index contributed by atoms with van der Waals surface area (Å²) in [6.07, 6.45) is 4.58. The number of carbonyl (C=O) groups excluding carboxylic acids is 1. The number of hydrogen-bond donors (Lipinski definition) is 2. The number of hydrogen-bond acceptors (Lipinski definition) is 5. The van der Waals surface area contributed by atoms with Crippen LogP contribution in [0.5, 0.6) is 0 Å². The van der Waals surface area contributed by atoms with Gasteiger partial charge in [0.25, 0.3) is 0 Å². The lowest BCUT2D eigenvalue weighted by atomic mass is 9.75. The van der Waals surface area contributed by atoms with Crippen molar-refractivity contribution < 1.29 is 14.4 Å². The van der Waals surface area contributed by atoms with Crippen LogP contribution in [-0.4, -0.2) is 27.3 Å². The molecule has 0 aromatic carbocycles. The summed E-state index contributed by atoms with van der Waals surface area (Å²) in [6, 6.07) is 0. The quantitative estimate of drug-likeness (QED) is 0.852. The van der Waals surface area contributed by atoms with Crippen LogP contribution in [0.25, 0.3) is 0 Å². The number of aryl methyl sites for hydroxylation is 1. The number of rotatable bonds is 3. The van der Waals surface area contributed by atoms with Crippen LogP contribution in [0.4, 0.5) is 0 Å². The Labute approximate surface area is 111 Å². The first kappa shape index (κ1) is 12.6. The van der Waals surface area contributed by atoms with Gasteiger partial charge in [-0.05, 0) is 38.5 Å². The summed E-state index contributed by atoms with van der Waals surface area (Å²) in [6.45, 7) is 1.74. The molecule has 3 rings (SSSR count). The van der Waals surface area contributed by atoms with E-state index in [1.807, 2.05) is 0 Å². The minimum atomic E-state index is -0.510. The highest BCUT2D eigenvalue weighted by Gasteiger charge is 2.46. The van der Waals surface area contributed by atoms with Crippen LogP contribution >= 0.6 is 0 Å². The van der Waals surface area contributed by atoms with Crippen molar-refractivity contribution in [2.45, 2.75) is 57.1 Å². The second-order valence-electron chi connectivity index (χ2n) is 5.67. The van der Waals surface area contributed by atoms with Gasteiger partial charge in [-0.15, -0.1) is 0 Å². The van der Waals surface area contributed by atoms with E-state index < -0.39 is 11.6 Å². The van der Waals surface area contributed by atoms with Gasteiger partial charge in [0.2, 0.25) is 11.8 Å². The van der Waals surface area contributed by atoms with E-state index in [-0.39, 0.29) is 11.8 Å². The fourth-order valence-electron chi connectivity index (χ4n) is 3.00. The minimum Gasteiger partial charge on any atom is -0.392 e. The van der Waals surface area contributed by atoms with E-state index in [2.05, 4.69) is 15.5 Å². The Bertz CT molecular complexity index is 481. The van der Waals surface area contributed by atoms with Gasteiger partial charge in [-0.1, -0.05) is 5.16 Å². The molecule has 2 aliphatic carbocycles. The number of nitrogens with one attached hydrogen (secondary N) is 1. The summed E-state index contributed by atoms with van der Waals surface area (Å²) in [5, 5.41) is 16.8. The minimum absolute atomic E-state index is 0.0767. The summed E-state index contributed by atoms with van der Waals surface area (Å²) in [4.78, 5) is 16.5. The van der Waals surface area contributed by atoms with Crippen LogP contribution in [0.3, 0.4) is 0 Å². The molecule has 19 heavy (non-hydrogen) atoms. The molecule has 2 fully saturated rings. The summed E-state index contributed by atoms with van der Waals surface area (Å²) < 4.78 is 5.01. The number of nitrogens with zero attached hydrogens (tertiary/aromatic N) is 2. The Morgan fingerprint density at radius 2 is 2.21 bits per heavy atom. The topological polar surface area (TPSA) is 88.2 Å². The number of aliphatic hydroxyl groups is 1. The molecule has 104 valence electrons. The smallest absolute Gasteiger partial charge is 0.226 e. The maximum Gasteiger partial charge on any atom is 0.226 e. The van der Waals surface area contributed by atoms with E-state index in [9.17, 15) is 9.90 Å². The molecule has 1 aromatic heterocycles. The second kappa shape index (κ2) is 4.59. The Kier molecular flexibility index (Phi) is 3.05. The van der Waals surface area contributed by atoms with Crippen LogP contribution < -0.4 is 5.32 Å². The molecule has 0 spiro atoms. The van der Waals surface area contributed by atoms with Crippen molar-refractivity contribution in [1.82, 2.24) is 15.5 Å². The lowest BCUT2D eigenvalue weighted by Crippen LogP contribution is -2.53. The van der Waals surface area contributed by atoms with E-state index in [1.54, 1.807) is 6.92 Å². The van der Waals surface area contributed by atoms with Gasteiger partial charge >= 0.3 is 0 Å². The van der Waals surface area contributed by atoms with Gasteiger partial charge < -0.3 is 14.9 Å². The highest BCUT2D eigenvalue weighted by atomic mass is 16.5. The normalized spacial score (nSPS) is 28.9. The van der Waals surface area contributed by atoms with Crippen molar-refractivity contribution in [1.29, 1.82) is 0 Å². The van der Waals surface area contributed by atoms with E-state index >= 15 is 0 Å². The molecule has 0 saturated heterocycles. The molecule has 2 atom stereocenters. The van der Waals surface area contributed by atoms with Gasteiger partial charge in [0.05, 0.1) is 12.0 Å². The number of amides is 1. The first-order valence-corrected chi connectivity index (χ1v) is 6.92. The number of carbonyl (C=O) groups is 1. The monoisotopic (exact) mass is 265 g/mol. The van der Waals surface area contributed by atoms with Crippen molar-refractivity contribution in [3.05, 3.63) is 11.7 Å². The van der Waals surface area contributed by atoms with Gasteiger partial charge in [-0.25, -0.2) is 0 Å². The fraction of sp³-hybridized carbons (Fsp3) is 0.769. The van der Waals surface area contributed by atoms with Gasteiger partial charge in [0.15, 0.2) is 5.82 Å². The van der Waals surface area contributed by atoms with Gasteiger partial charge in [0, 0.05) is 6.92 Å². The van der Waals surface area contributed by atoms with Crippen LogP contribution in [0.15, 0.2) is 4.52 Å². The molecule has 2 saturated carbocycles. The van der Waals surface area contributed by atoms with Crippen molar-refractivity contribution in [2.24, 2.45) is 5.92 Å². The molecule has 0 aliphatic heterocycles. The maximum atomic E-state index is 12.3. The Balaban J connectivity index is 1.75. The predicted molar refractivity (Wildman–Crippen MR) is 66.1 cm³/mol. The average molecular weight is 265 g/mol. The summed E-state index contributed by atoms with van der Waals surface area (Å²) >= 11 is 0. The van der Waals surface area contributed by atoms with Crippen molar-refractivity contribution in [3.8, 4) is 0 Å². The third-order valence-electron chi connectivity index (χ3n) is 4.34. The van der Waals surface area contributed by atoms with Crippen molar-refractivity contribution in [2.75, 3.05) is 0 Å². The standard InChI is InChI=1S/C13H19N3O3/c1-8-14-12(16-19-8)13(6-3-7-13)15-11(18)9-4-2-5-10(9)17/h9-10,17H,2-7H2,1H3,(H,15,18)/t9-,10-/m0/s1. The second-order valence-corrected chi connectivity index (χ2v) is 5.67. The highest BCUT2D eigenvalue weighted by molar-refractivity contribution is 5.80. The molecule has 0 radical (unpaired) electrons. The number of aromatic nitrogens is 2. The molecular formula is C13H19N3O3. The Morgan fingerprint density at radius 1 is 1.42 bits per heavy atom. The predicted octanol–water partition coefficient (Wildman–Crippen LogP) is 1.03. The summed E-state index contributed by atoms with van der Waals surface area (Å²) in [5.74, 6) is 0.714. The van der Waals surface area contributed by atoms with Crippen LogP contribution in [0.2, 0.25) is 0 Å². The van der Waals surface area contributed by atoms with Gasteiger partial charge in [-0.2, -0.15) is 4.98 Å². The molecule has 1 amide bonds. The number of aliphatic hydroxyl groups excluding tert-OH is 1. The fourth-order valence-corrected chi connectivity index (χ4v) is 3.00. The molecular weight excluding hydrogens is 246 g/mol. The molecule has 0 bridgehead atoms. The van der Waals surface area contributed by atoms with Crippen molar-refractivity contribution in [3.63, 3.8) is 0 Å². The third-order valence-corrected chi connectivity index (χ3v) is 4.34. The Hall–Kier alpha value is -1.43. The molecule has 6 heteroatoms. The van der Waals surface area contributed by atoms with Gasteiger partial charge in [-0.3, -0.25) is 4.79 Å². The summed E-state index contributed by atoms with van der Waals surface area (Å²) in [5.41, 5.74) is -0.475. The molecule has 2 N–H and O–H groups in total. The molecule has 1 aromatic rings. The summed E-state index contributed by atoms with van der Waals surface area (Å²) in [7, 11) is 0.